The molecule has 0 atom stereocenters. The van der Waals surface area contributed by atoms with E-state index in [1.165, 1.54) is 38.5 Å². The summed E-state index contributed by atoms with van der Waals surface area (Å²) in [4.78, 5) is 0. The Kier molecular flexibility index (Phi) is 12.4. The summed E-state index contributed by atoms with van der Waals surface area (Å²) in [7, 11) is -1.27. The monoisotopic (exact) mass is 282 g/mol. The van der Waals surface area contributed by atoms with E-state index in [4.69, 9.17) is 4.43 Å². The zero-order valence-corrected chi connectivity index (χ0v) is 14.6. The van der Waals surface area contributed by atoms with Gasteiger partial charge in [-0.1, -0.05) is 50.5 Å². The van der Waals surface area contributed by atoms with Crippen LogP contribution in [0.1, 0.15) is 58.3 Å². The van der Waals surface area contributed by atoms with Crippen LogP contribution in [0.4, 0.5) is 0 Å². The Morgan fingerprint density at radius 1 is 0.789 bits per heavy atom. The van der Waals surface area contributed by atoms with Crippen LogP contribution < -0.4 is 0 Å². The standard InChI is InChI=1S/C17H34OSi/c1-5-6-7-8-9-10-11-12-13-14-15-16-17-18-19(2,3)4/h6-7,9-10H,5,8,11-17H2,1-4H3/b7-6-,10-9-. The van der Waals surface area contributed by atoms with Crippen LogP contribution in [0.5, 0.6) is 0 Å². The summed E-state index contributed by atoms with van der Waals surface area (Å²) < 4.78 is 5.84. The van der Waals surface area contributed by atoms with Crippen LogP contribution in [0.2, 0.25) is 19.6 Å². The van der Waals surface area contributed by atoms with Crippen molar-refractivity contribution in [3.8, 4) is 0 Å². The highest BCUT2D eigenvalue weighted by atomic mass is 28.4. The highest BCUT2D eigenvalue weighted by molar-refractivity contribution is 6.69. The molecular formula is C17H34OSi. The summed E-state index contributed by atoms with van der Waals surface area (Å²) in [5.74, 6) is 0. The average molecular weight is 283 g/mol. The van der Waals surface area contributed by atoms with E-state index in [0.29, 0.717) is 0 Å². The number of hydrogen-bond donors (Lipinski definition) is 0. The van der Waals surface area contributed by atoms with Gasteiger partial charge in [0.1, 0.15) is 0 Å². The molecule has 0 bridgehead atoms. The zero-order valence-electron chi connectivity index (χ0n) is 13.6. The van der Waals surface area contributed by atoms with E-state index < -0.39 is 8.32 Å². The fourth-order valence-corrected chi connectivity index (χ4v) is 2.59. The third kappa shape index (κ3) is 17.7. The Bertz CT molecular complexity index is 238. The molecule has 112 valence electrons. The Labute approximate surface area is 122 Å². The van der Waals surface area contributed by atoms with Gasteiger partial charge >= 0.3 is 0 Å². The topological polar surface area (TPSA) is 9.23 Å². The second kappa shape index (κ2) is 12.7. The molecule has 0 aromatic heterocycles. The predicted octanol–water partition coefficient (Wildman–Crippen LogP) is 6.09. The van der Waals surface area contributed by atoms with Gasteiger partial charge in [0.2, 0.25) is 0 Å². The maximum Gasteiger partial charge on any atom is 0.183 e. The molecule has 0 aliphatic carbocycles. The third-order valence-corrected chi connectivity index (χ3v) is 3.96. The van der Waals surface area contributed by atoms with Crippen LogP contribution in [-0.4, -0.2) is 14.9 Å². The lowest BCUT2D eigenvalue weighted by molar-refractivity contribution is 0.298. The first kappa shape index (κ1) is 18.7. The summed E-state index contributed by atoms with van der Waals surface area (Å²) >= 11 is 0. The molecule has 0 heterocycles. The minimum Gasteiger partial charge on any atom is -0.418 e. The van der Waals surface area contributed by atoms with Crippen molar-refractivity contribution in [1.29, 1.82) is 0 Å². The summed E-state index contributed by atoms with van der Waals surface area (Å²) in [6, 6.07) is 0. The van der Waals surface area contributed by atoms with Gasteiger partial charge in [-0.05, 0) is 51.7 Å². The SMILES string of the molecule is CC/C=C\C/C=C\CCCCCCCO[Si](C)(C)C. The summed E-state index contributed by atoms with van der Waals surface area (Å²) in [5, 5.41) is 0. The lowest BCUT2D eigenvalue weighted by Gasteiger charge is -2.16. The molecule has 0 N–H and O–H groups in total. The van der Waals surface area contributed by atoms with Crippen molar-refractivity contribution in [3.05, 3.63) is 24.3 Å². The number of allylic oxidation sites excluding steroid dienone is 4. The summed E-state index contributed by atoms with van der Waals surface area (Å²) in [6.07, 6.45) is 19.2. The first-order chi connectivity index (χ1) is 9.06. The molecule has 0 spiro atoms. The molecule has 0 aromatic carbocycles. The Morgan fingerprint density at radius 3 is 2.11 bits per heavy atom. The largest absolute Gasteiger partial charge is 0.418 e. The molecule has 0 aliphatic heterocycles. The van der Waals surface area contributed by atoms with Crippen molar-refractivity contribution >= 4 is 8.32 Å². The highest BCUT2D eigenvalue weighted by Gasteiger charge is 2.12. The molecule has 19 heavy (non-hydrogen) atoms. The van der Waals surface area contributed by atoms with Gasteiger partial charge in [-0.25, -0.2) is 0 Å². The van der Waals surface area contributed by atoms with Crippen LogP contribution in [0.3, 0.4) is 0 Å². The van der Waals surface area contributed by atoms with E-state index in [-0.39, 0.29) is 0 Å². The van der Waals surface area contributed by atoms with Crippen LogP contribution in [0.25, 0.3) is 0 Å². The number of rotatable bonds is 12. The maximum atomic E-state index is 5.84. The zero-order chi connectivity index (χ0) is 14.4. The van der Waals surface area contributed by atoms with Crippen molar-refractivity contribution in [1.82, 2.24) is 0 Å². The Morgan fingerprint density at radius 2 is 1.42 bits per heavy atom. The minimum atomic E-state index is -1.27. The predicted molar refractivity (Wildman–Crippen MR) is 90.2 cm³/mol. The van der Waals surface area contributed by atoms with E-state index in [9.17, 15) is 0 Å². The van der Waals surface area contributed by atoms with E-state index in [1.807, 2.05) is 0 Å². The first-order valence-electron chi connectivity index (χ1n) is 8.00. The number of unbranched alkanes of at least 4 members (excludes halogenated alkanes) is 5. The molecular weight excluding hydrogens is 248 g/mol. The lowest BCUT2D eigenvalue weighted by Crippen LogP contribution is -2.25. The van der Waals surface area contributed by atoms with E-state index >= 15 is 0 Å². The highest BCUT2D eigenvalue weighted by Crippen LogP contribution is 2.08. The molecule has 0 fully saturated rings. The molecule has 1 nitrogen and oxygen atoms in total. The van der Waals surface area contributed by atoms with Crippen molar-refractivity contribution in [2.75, 3.05) is 6.61 Å². The average Bonchev–Trinajstić information content (AvgIpc) is 2.34. The molecule has 0 rings (SSSR count). The van der Waals surface area contributed by atoms with Crippen molar-refractivity contribution < 1.29 is 4.43 Å². The van der Waals surface area contributed by atoms with E-state index in [0.717, 1.165) is 19.4 Å². The molecule has 0 aromatic rings. The molecule has 0 aliphatic rings. The molecule has 2 heteroatoms. The van der Waals surface area contributed by atoms with Crippen molar-refractivity contribution in [3.63, 3.8) is 0 Å². The van der Waals surface area contributed by atoms with E-state index in [2.05, 4.69) is 50.9 Å². The Balaban J connectivity index is 3.17. The molecule has 0 saturated heterocycles. The van der Waals surface area contributed by atoms with Gasteiger partial charge in [-0.3, -0.25) is 0 Å². The normalized spacial score (nSPS) is 12.8. The molecule has 0 unspecified atom stereocenters. The van der Waals surface area contributed by atoms with Crippen molar-refractivity contribution in [2.45, 2.75) is 77.9 Å². The van der Waals surface area contributed by atoms with Gasteiger partial charge in [0.05, 0.1) is 0 Å². The fraction of sp³-hybridized carbons (Fsp3) is 0.765. The third-order valence-electron chi connectivity index (χ3n) is 2.89. The van der Waals surface area contributed by atoms with E-state index in [1.54, 1.807) is 0 Å². The number of hydrogen-bond acceptors (Lipinski definition) is 1. The van der Waals surface area contributed by atoms with Crippen LogP contribution in [0.15, 0.2) is 24.3 Å². The van der Waals surface area contributed by atoms with Crippen molar-refractivity contribution in [2.24, 2.45) is 0 Å². The second-order valence-corrected chi connectivity index (χ2v) is 10.6. The molecule has 0 radical (unpaired) electrons. The Hall–Kier alpha value is -0.343. The minimum absolute atomic E-state index is 0.972. The van der Waals surface area contributed by atoms with Crippen LogP contribution in [-0.2, 0) is 4.43 Å². The van der Waals surface area contributed by atoms with Gasteiger partial charge in [-0.2, -0.15) is 0 Å². The van der Waals surface area contributed by atoms with Crippen LogP contribution >= 0.6 is 0 Å². The van der Waals surface area contributed by atoms with Gasteiger partial charge < -0.3 is 4.43 Å². The second-order valence-electron chi connectivity index (χ2n) is 6.10. The van der Waals surface area contributed by atoms with Gasteiger partial charge in [0.25, 0.3) is 0 Å². The molecule has 0 saturated carbocycles. The summed E-state index contributed by atoms with van der Waals surface area (Å²) in [5.41, 5.74) is 0. The van der Waals surface area contributed by atoms with Gasteiger partial charge in [-0.15, -0.1) is 0 Å². The quantitative estimate of drug-likeness (QED) is 0.239. The lowest BCUT2D eigenvalue weighted by atomic mass is 10.1. The van der Waals surface area contributed by atoms with Gasteiger partial charge in [0.15, 0.2) is 8.32 Å². The van der Waals surface area contributed by atoms with Crippen LogP contribution in [0, 0.1) is 0 Å². The fourth-order valence-electron chi connectivity index (χ4n) is 1.83. The maximum absolute atomic E-state index is 5.84. The van der Waals surface area contributed by atoms with Gasteiger partial charge in [0, 0.05) is 6.61 Å². The smallest absolute Gasteiger partial charge is 0.183 e. The summed E-state index contributed by atoms with van der Waals surface area (Å²) in [6.45, 7) is 9.92. The molecule has 0 amide bonds. The first-order valence-corrected chi connectivity index (χ1v) is 11.4.